The standard InChI is InChI=1S/C20H23N3O3S/c1-13(15-8-7-14-5-3-4-6-16(14)11-15)21-18(24)12-23-19(25)17(9-10-27-2)22-20(23)26/h3-8,11,13,17H,9-10,12H2,1-2H3,(H,21,24)(H,22,26)/t13-,17+/m0/s1. The van der Waals surface area contributed by atoms with Crippen molar-refractivity contribution in [1.29, 1.82) is 0 Å². The third-order valence-electron chi connectivity index (χ3n) is 4.67. The normalized spacial score (nSPS) is 17.9. The molecule has 2 aromatic rings. The van der Waals surface area contributed by atoms with E-state index in [1.54, 1.807) is 11.8 Å². The van der Waals surface area contributed by atoms with E-state index in [-0.39, 0.29) is 24.4 Å². The third kappa shape index (κ3) is 4.42. The average Bonchev–Trinajstić information content (AvgIpc) is 2.93. The van der Waals surface area contributed by atoms with E-state index in [1.165, 1.54) is 0 Å². The van der Waals surface area contributed by atoms with Gasteiger partial charge in [-0.05, 0) is 47.8 Å². The Morgan fingerprint density at radius 3 is 2.70 bits per heavy atom. The predicted molar refractivity (Wildman–Crippen MR) is 108 cm³/mol. The maximum absolute atomic E-state index is 12.4. The maximum Gasteiger partial charge on any atom is 0.325 e. The van der Waals surface area contributed by atoms with Gasteiger partial charge in [-0.2, -0.15) is 11.8 Å². The molecule has 0 unspecified atom stereocenters. The first-order chi connectivity index (χ1) is 13.0. The summed E-state index contributed by atoms with van der Waals surface area (Å²) in [6.07, 6.45) is 2.51. The van der Waals surface area contributed by atoms with Gasteiger partial charge in [0.1, 0.15) is 12.6 Å². The van der Waals surface area contributed by atoms with Gasteiger partial charge < -0.3 is 10.6 Å². The van der Waals surface area contributed by atoms with Crippen LogP contribution in [0, 0.1) is 0 Å². The first-order valence-corrected chi connectivity index (χ1v) is 10.3. The highest BCUT2D eigenvalue weighted by atomic mass is 32.2. The summed E-state index contributed by atoms with van der Waals surface area (Å²) in [6.45, 7) is 1.62. The first-order valence-electron chi connectivity index (χ1n) is 8.88. The smallest absolute Gasteiger partial charge is 0.325 e. The average molecular weight is 385 g/mol. The second-order valence-electron chi connectivity index (χ2n) is 6.60. The number of urea groups is 1. The van der Waals surface area contributed by atoms with Crippen molar-refractivity contribution in [2.45, 2.75) is 25.4 Å². The van der Waals surface area contributed by atoms with Crippen LogP contribution in [0.15, 0.2) is 42.5 Å². The van der Waals surface area contributed by atoms with E-state index in [0.29, 0.717) is 6.42 Å². The van der Waals surface area contributed by atoms with Crippen molar-refractivity contribution < 1.29 is 14.4 Å². The van der Waals surface area contributed by atoms with Crippen LogP contribution in [0.3, 0.4) is 0 Å². The number of fused-ring (bicyclic) bond motifs is 1. The molecule has 0 spiro atoms. The van der Waals surface area contributed by atoms with E-state index < -0.39 is 12.1 Å². The Morgan fingerprint density at radius 2 is 1.96 bits per heavy atom. The number of imide groups is 1. The van der Waals surface area contributed by atoms with E-state index in [1.807, 2.05) is 55.6 Å². The number of rotatable bonds is 7. The van der Waals surface area contributed by atoms with E-state index >= 15 is 0 Å². The van der Waals surface area contributed by atoms with Crippen molar-refractivity contribution in [3.63, 3.8) is 0 Å². The molecular weight excluding hydrogens is 362 g/mol. The van der Waals surface area contributed by atoms with Crippen LogP contribution in [0.5, 0.6) is 0 Å². The molecule has 0 radical (unpaired) electrons. The van der Waals surface area contributed by atoms with Crippen LogP contribution >= 0.6 is 11.8 Å². The summed E-state index contributed by atoms with van der Waals surface area (Å²) >= 11 is 1.61. The van der Waals surface area contributed by atoms with Crippen molar-refractivity contribution in [3.05, 3.63) is 48.0 Å². The number of carbonyl (C=O) groups excluding carboxylic acids is 3. The fraction of sp³-hybridized carbons (Fsp3) is 0.350. The van der Waals surface area contributed by atoms with Crippen LogP contribution in [0.1, 0.15) is 24.9 Å². The Morgan fingerprint density at radius 1 is 1.22 bits per heavy atom. The lowest BCUT2D eigenvalue weighted by molar-refractivity contribution is -0.132. The summed E-state index contributed by atoms with van der Waals surface area (Å²) in [5.41, 5.74) is 0.970. The quantitative estimate of drug-likeness (QED) is 0.719. The molecule has 7 heteroatoms. The number of nitrogens with one attached hydrogen (secondary N) is 2. The van der Waals surface area contributed by atoms with E-state index in [2.05, 4.69) is 10.6 Å². The number of benzene rings is 2. The summed E-state index contributed by atoms with van der Waals surface area (Å²) < 4.78 is 0. The highest BCUT2D eigenvalue weighted by molar-refractivity contribution is 7.98. The van der Waals surface area contributed by atoms with Gasteiger partial charge in [0, 0.05) is 0 Å². The van der Waals surface area contributed by atoms with Crippen molar-refractivity contribution in [1.82, 2.24) is 15.5 Å². The fourth-order valence-electron chi connectivity index (χ4n) is 3.15. The minimum Gasteiger partial charge on any atom is -0.348 e. The van der Waals surface area contributed by atoms with Crippen molar-refractivity contribution in [3.8, 4) is 0 Å². The second kappa shape index (κ2) is 8.43. The molecule has 0 aliphatic carbocycles. The highest BCUT2D eigenvalue weighted by Gasteiger charge is 2.38. The summed E-state index contributed by atoms with van der Waals surface area (Å²) in [5.74, 6) is 0.0858. The molecule has 142 valence electrons. The fourth-order valence-corrected chi connectivity index (χ4v) is 3.62. The molecule has 1 saturated heterocycles. The van der Waals surface area contributed by atoms with Crippen molar-refractivity contribution in [2.24, 2.45) is 0 Å². The maximum atomic E-state index is 12.4. The molecule has 27 heavy (non-hydrogen) atoms. The van der Waals surface area contributed by atoms with Crippen LogP contribution in [-0.2, 0) is 9.59 Å². The first kappa shape index (κ1) is 19.2. The number of hydrogen-bond acceptors (Lipinski definition) is 4. The SMILES string of the molecule is CSCC[C@H]1NC(=O)N(CC(=O)N[C@@H](C)c2ccc3ccccc3c2)C1=O. The van der Waals surface area contributed by atoms with E-state index in [0.717, 1.165) is 27.0 Å². The Bertz CT molecular complexity index is 870. The van der Waals surface area contributed by atoms with Gasteiger partial charge in [0.15, 0.2) is 0 Å². The lowest BCUT2D eigenvalue weighted by Crippen LogP contribution is -2.41. The van der Waals surface area contributed by atoms with Gasteiger partial charge >= 0.3 is 6.03 Å². The summed E-state index contributed by atoms with van der Waals surface area (Å²) in [5, 5.41) is 7.75. The Balaban J connectivity index is 1.61. The molecule has 1 heterocycles. The van der Waals surface area contributed by atoms with Gasteiger partial charge in [0.05, 0.1) is 6.04 Å². The summed E-state index contributed by atoms with van der Waals surface area (Å²) in [6, 6.07) is 12.8. The second-order valence-corrected chi connectivity index (χ2v) is 7.59. The number of carbonyl (C=O) groups is 3. The van der Waals surface area contributed by atoms with E-state index in [4.69, 9.17) is 0 Å². The van der Waals surface area contributed by atoms with E-state index in [9.17, 15) is 14.4 Å². The minimum atomic E-state index is -0.532. The monoisotopic (exact) mass is 385 g/mol. The van der Waals surface area contributed by atoms with Crippen LogP contribution in [-0.4, -0.2) is 47.3 Å². The molecule has 1 aliphatic heterocycles. The molecule has 1 aliphatic rings. The summed E-state index contributed by atoms with van der Waals surface area (Å²) in [4.78, 5) is 37.7. The van der Waals surface area contributed by atoms with Gasteiger partial charge in [-0.3, -0.25) is 14.5 Å². The molecule has 2 aromatic carbocycles. The molecule has 6 nitrogen and oxygen atoms in total. The Hall–Kier alpha value is -2.54. The molecule has 0 saturated carbocycles. The van der Waals surface area contributed by atoms with Crippen LogP contribution in [0.25, 0.3) is 10.8 Å². The molecular formula is C20H23N3O3S. The molecule has 4 amide bonds. The molecule has 0 aromatic heterocycles. The molecule has 3 rings (SSSR count). The number of hydrogen-bond donors (Lipinski definition) is 2. The third-order valence-corrected chi connectivity index (χ3v) is 5.31. The topological polar surface area (TPSA) is 78.5 Å². The van der Waals surface area contributed by atoms with Gasteiger partial charge in [-0.15, -0.1) is 0 Å². The zero-order valence-corrected chi connectivity index (χ0v) is 16.2. The lowest BCUT2D eigenvalue weighted by atomic mass is 10.0. The lowest BCUT2D eigenvalue weighted by Gasteiger charge is -2.18. The van der Waals surface area contributed by atoms with Gasteiger partial charge in [0.2, 0.25) is 5.91 Å². The molecule has 2 atom stereocenters. The molecule has 1 fully saturated rings. The van der Waals surface area contributed by atoms with Crippen LogP contribution in [0.2, 0.25) is 0 Å². The van der Waals surface area contributed by atoms with Gasteiger partial charge in [0.25, 0.3) is 5.91 Å². The molecule has 0 bridgehead atoms. The minimum absolute atomic E-state index is 0.227. The largest absolute Gasteiger partial charge is 0.348 e. The Kier molecular flexibility index (Phi) is 6.01. The van der Waals surface area contributed by atoms with Gasteiger partial charge in [-0.1, -0.05) is 36.4 Å². The number of nitrogens with zero attached hydrogens (tertiary/aromatic N) is 1. The highest BCUT2D eigenvalue weighted by Crippen LogP contribution is 2.20. The summed E-state index contributed by atoms with van der Waals surface area (Å²) in [7, 11) is 0. The zero-order valence-electron chi connectivity index (χ0n) is 15.4. The Labute approximate surface area is 162 Å². The number of amides is 4. The number of thioether (sulfide) groups is 1. The predicted octanol–water partition coefficient (Wildman–Crippen LogP) is 2.69. The van der Waals surface area contributed by atoms with Crippen molar-refractivity contribution >= 4 is 40.4 Å². The van der Waals surface area contributed by atoms with Gasteiger partial charge in [-0.25, -0.2) is 4.79 Å². The van der Waals surface area contributed by atoms with Crippen LogP contribution < -0.4 is 10.6 Å². The molecule has 2 N–H and O–H groups in total. The zero-order chi connectivity index (χ0) is 19.4. The van der Waals surface area contributed by atoms with Crippen LogP contribution in [0.4, 0.5) is 4.79 Å². The van der Waals surface area contributed by atoms with Crippen molar-refractivity contribution in [2.75, 3.05) is 18.6 Å².